The van der Waals surface area contributed by atoms with Crippen molar-refractivity contribution < 1.29 is 14.1 Å². The van der Waals surface area contributed by atoms with Gasteiger partial charge < -0.3 is 14.2 Å². The summed E-state index contributed by atoms with van der Waals surface area (Å²) >= 11 is 0. The highest BCUT2D eigenvalue weighted by Crippen LogP contribution is 2.32. The van der Waals surface area contributed by atoms with Gasteiger partial charge in [0, 0.05) is 66.1 Å². The third kappa shape index (κ3) is 5.16. The summed E-state index contributed by atoms with van der Waals surface area (Å²) in [6, 6.07) is 31.8. The SMILES string of the molecule is O=C(c1cc(C#Cc2ccccc2)cc2cc(-c3ccccc3)oc12)N1CCN(c2ccc([N+](=O)[O-])cc2)CC1. The summed E-state index contributed by atoms with van der Waals surface area (Å²) in [6.45, 7) is 2.27. The number of anilines is 1. The predicted octanol–water partition coefficient (Wildman–Crippen LogP) is 6.37. The number of piperazine rings is 1. The molecule has 0 aliphatic carbocycles. The van der Waals surface area contributed by atoms with E-state index in [1.54, 1.807) is 12.1 Å². The molecule has 7 heteroatoms. The van der Waals surface area contributed by atoms with Crippen LogP contribution in [0.5, 0.6) is 0 Å². The smallest absolute Gasteiger partial charge is 0.269 e. The molecule has 0 spiro atoms. The van der Waals surface area contributed by atoms with E-state index in [4.69, 9.17) is 4.42 Å². The molecule has 0 atom stereocenters. The lowest BCUT2D eigenvalue weighted by Gasteiger charge is -2.36. The second-order valence-electron chi connectivity index (χ2n) is 9.59. The summed E-state index contributed by atoms with van der Waals surface area (Å²) < 4.78 is 6.27. The van der Waals surface area contributed by atoms with Gasteiger partial charge in [0.15, 0.2) is 0 Å². The van der Waals surface area contributed by atoms with Gasteiger partial charge in [-0.1, -0.05) is 60.4 Å². The molecule has 2 heterocycles. The topological polar surface area (TPSA) is 79.8 Å². The molecule has 196 valence electrons. The Balaban J connectivity index is 1.30. The third-order valence-corrected chi connectivity index (χ3v) is 7.02. The summed E-state index contributed by atoms with van der Waals surface area (Å²) in [5.74, 6) is 7.00. The molecule has 0 radical (unpaired) electrons. The molecule has 1 aliphatic heterocycles. The first-order valence-electron chi connectivity index (χ1n) is 13.0. The van der Waals surface area contributed by atoms with Gasteiger partial charge in [-0.2, -0.15) is 0 Å². The molecular formula is C33H25N3O4. The van der Waals surface area contributed by atoms with Crippen LogP contribution < -0.4 is 4.90 Å². The monoisotopic (exact) mass is 527 g/mol. The number of nitro benzene ring substituents is 1. The zero-order valence-electron chi connectivity index (χ0n) is 21.6. The highest BCUT2D eigenvalue weighted by molar-refractivity contribution is 6.06. The fraction of sp³-hybridized carbons (Fsp3) is 0.121. The van der Waals surface area contributed by atoms with Gasteiger partial charge in [-0.15, -0.1) is 0 Å². The van der Waals surface area contributed by atoms with Crippen molar-refractivity contribution in [1.29, 1.82) is 0 Å². The van der Waals surface area contributed by atoms with E-state index in [0.717, 1.165) is 27.8 Å². The first kappa shape index (κ1) is 25.0. The Morgan fingerprint density at radius 1 is 0.775 bits per heavy atom. The number of rotatable bonds is 4. The predicted molar refractivity (Wildman–Crippen MR) is 155 cm³/mol. The molecule has 0 bridgehead atoms. The lowest BCUT2D eigenvalue weighted by Crippen LogP contribution is -2.48. The van der Waals surface area contributed by atoms with Crippen LogP contribution in [0, 0.1) is 22.0 Å². The lowest BCUT2D eigenvalue weighted by atomic mass is 10.0. The largest absolute Gasteiger partial charge is 0.455 e. The van der Waals surface area contributed by atoms with Gasteiger partial charge in [0.1, 0.15) is 11.3 Å². The number of hydrogen-bond donors (Lipinski definition) is 0. The summed E-state index contributed by atoms with van der Waals surface area (Å²) in [7, 11) is 0. The normalized spacial score (nSPS) is 13.1. The van der Waals surface area contributed by atoms with Crippen LogP contribution in [0.3, 0.4) is 0 Å². The van der Waals surface area contributed by atoms with Crippen molar-refractivity contribution in [2.45, 2.75) is 0 Å². The van der Waals surface area contributed by atoms with Crippen molar-refractivity contribution in [3.05, 3.63) is 130 Å². The molecule has 4 aromatic carbocycles. The number of nitro groups is 1. The number of amides is 1. The van der Waals surface area contributed by atoms with Crippen LogP contribution in [0.2, 0.25) is 0 Å². The molecule has 0 saturated carbocycles. The quantitative estimate of drug-likeness (QED) is 0.154. The van der Waals surface area contributed by atoms with Gasteiger partial charge in [0.2, 0.25) is 0 Å². The van der Waals surface area contributed by atoms with E-state index in [-0.39, 0.29) is 11.6 Å². The Hall–Kier alpha value is -5.35. The Labute approximate surface area is 231 Å². The van der Waals surface area contributed by atoms with Crippen LogP contribution in [0.15, 0.2) is 108 Å². The van der Waals surface area contributed by atoms with Crippen LogP contribution in [-0.4, -0.2) is 41.9 Å². The van der Waals surface area contributed by atoms with Crippen molar-refractivity contribution in [2.24, 2.45) is 0 Å². The second-order valence-corrected chi connectivity index (χ2v) is 9.59. The van der Waals surface area contributed by atoms with E-state index in [9.17, 15) is 14.9 Å². The molecular weight excluding hydrogens is 502 g/mol. The van der Waals surface area contributed by atoms with Gasteiger partial charge in [0.05, 0.1) is 10.5 Å². The molecule has 1 fully saturated rings. The number of carbonyl (C=O) groups excluding carboxylic acids is 1. The van der Waals surface area contributed by atoms with Crippen LogP contribution in [0.1, 0.15) is 21.5 Å². The van der Waals surface area contributed by atoms with Gasteiger partial charge in [0.25, 0.3) is 11.6 Å². The second kappa shape index (κ2) is 10.8. The number of fused-ring (bicyclic) bond motifs is 1. The van der Waals surface area contributed by atoms with Gasteiger partial charge in [-0.3, -0.25) is 14.9 Å². The minimum atomic E-state index is -0.405. The number of nitrogens with zero attached hydrogens (tertiary/aromatic N) is 3. The van der Waals surface area contributed by atoms with Gasteiger partial charge >= 0.3 is 0 Å². The van der Waals surface area contributed by atoms with Crippen molar-refractivity contribution in [3.63, 3.8) is 0 Å². The summed E-state index contributed by atoms with van der Waals surface area (Å²) in [6.07, 6.45) is 0. The molecule has 5 aromatic rings. The third-order valence-electron chi connectivity index (χ3n) is 7.02. The maximum Gasteiger partial charge on any atom is 0.269 e. The Morgan fingerprint density at radius 2 is 1.43 bits per heavy atom. The van der Waals surface area contributed by atoms with Crippen LogP contribution in [-0.2, 0) is 0 Å². The molecule has 6 rings (SSSR count). The molecule has 1 saturated heterocycles. The first-order valence-corrected chi connectivity index (χ1v) is 13.0. The van der Waals surface area contributed by atoms with Crippen LogP contribution in [0.25, 0.3) is 22.3 Å². The van der Waals surface area contributed by atoms with Crippen molar-refractivity contribution in [1.82, 2.24) is 4.90 Å². The van der Waals surface area contributed by atoms with Gasteiger partial charge in [-0.25, -0.2) is 0 Å². The Bertz CT molecular complexity index is 1740. The molecule has 0 N–H and O–H groups in total. The van der Waals surface area contributed by atoms with Crippen molar-refractivity contribution in [3.8, 4) is 23.2 Å². The van der Waals surface area contributed by atoms with Crippen molar-refractivity contribution in [2.75, 3.05) is 31.1 Å². The number of carbonyl (C=O) groups is 1. The molecule has 40 heavy (non-hydrogen) atoms. The minimum absolute atomic E-state index is 0.0603. The van der Waals surface area contributed by atoms with E-state index in [1.807, 2.05) is 83.8 Å². The van der Waals surface area contributed by atoms with E-state index >= 15 is 0 Å². The average molecular weight is 528 g/mol. The highest BCUT2D eigenvalue weighted by Gasteiger charge is 2.26. The zero-order valence-corrected chi connectivity index (χ0v) is 21.6. The standard InChI is InChI=1S/C33H25N3O4/c37-33(35-19-17-34(18-20-35)28-13-15-29(16-14-28)36(38)39)30-22-25(12-11-24-7-3-1-4-8-24)21-27-23-31(40-32(27)30)26-9-5-2-6-10-26/h1-10,13-16,21-23H,17-20H2. The van der Waals surface area contributed by atoms with Crippen molar-refractivity contribution >= 4 is 28.3 Å². The van der Waals surface area contributed by atoms with E-state index in [0.29, 0.717) is 43.1 Å². The number of hydrogen-bond acceptors (Lipinski definition) is 5. The van der Waals surface area contributed by atoms with Gasteiger partial charge in [-0.05, 0) is 42.5 Å². The van der Waals surface area contributed by atoms with Crippen LogP contribution in [0.4, 0.5) is 11.4 Å². The lowest BCUT2D eigenvalue weighted by molar-refractivity contribution is -0.384. The van der Waals surface area contributed by atoms with E-state index < -0.39 is 4.92 Å². The number of furan rings is 1. The minimum Gasteiger partial charge on any atom is -0.455 e. The Morgan fingerprint density at radius 3 is 2.10 bits per heavy atom. The summed E-state index contributed by atoms with van der Waals surface area (Å²) in [5.41, 5.74) is 4.57. The number of benzene rings is 4. The van der Waals surface area contributed by atoms with E-state index in [1.165, 1.54) is 12.1 Å². The van der Waals surface area contributed by atoms with Crippen LogP contribution >= 0.6 is 0 Å². The fourth-order valence-electron chi connectivity index (χ4n) is 4.92. The molecule has 0 unspecified atom stereocenters. The fourth-order valence-corrected chi connectivity index (χ4v) is 4.92. The zero-order chi connectivity index (χ0) is 27.5. The molecule has 1 aromatic heterocycles. The first-order chi connectivity index (χ1) is 19.5. The molecule has 7 nitrogen and oxygen atoms in total. The summed E-state index contributed by atoms with van der Waals surface area (Å²) in [5, 5.41) is 11.8. The maximum atomic E-state index is 13.9. The maximum absolute atomic E-state index is 13.9. The molecule has 1 amide bonds. The summed E-state index contributed by atoms with van der Waals surface area (Å²) in [4.78, 5) is 28.4. The number of non-ortho nitro benzene ring substituents is 1. The highest BCUT2D eigenvalue weighted by atomic mass is 16.6. The molecule has 1 aliphatic rings. The van der Waals surface area contributed by atoms with E-state index in [2.05, 4.69) is 16.7 Å². The Kier molecular flexibility index (Phi) is 6.73. The average Bonchev–Trinajstić information content (AvgIpc) is 3.45.